The molecule has 0 aliphatic heterocycles. The number of rotatable bonds is 2. The Balaban J connectivity index is 3.34. The predicted molar refractivity (Wildman–Crippen MR) is 47.2 cm³/mol. The van der Waals surface area contributed by atoms with Gasteiger partial charge in [-0.1, -0.05) is 0 Å². The molecule has 0 aromatic carbocycles. The van der Waals surface area contributed by atoms with E-state index < -0.39 is 23.3 Å². The van der Waals surface area contributed by atoms with Crippen LogP contribution < -0.4 is 0 Å². The Morgan fingerprint density at radius 1 is 1.12 bits per heavy atom. The molecule has 8 heteroatoms. The number of hydrogen-bond donors (Lipinski definition) is 0. The number of nitriles is 1. The topological polar surface area (TPSA) is 115 Å². The maximum absolute atomic E-state index is 11.3. The number of esters is 2. The van der Waals surface area contributed by atoms with E-state index in [0.717, 1.165) is 14.2 Å². The van der Waals surface area contributed by atoms with Crippen molar-refractivity contribution in [2.45, 2.75) is 0 Å². The second-order valence-electron chi connectivity index (χ2n) is 2.43. The summed E-state index contributed by atoms with van der Waals surface area (Å²) in [5.41, 5.74) is -0.797. The van der Waals surface area contributed by atoms with Crippen LogP contribution in [0, 0.1) is 11.3 Å². The highest BCUT2D eigenvalue weighted by Gasteiger charge is 2.23. The molecule has 8 nitrogen and oxygen atoms in total. The molecule has 0 saturated heterocycles. The zero-order valence-electron chi connectivity index (χ0n) is 8.42. The molecule has 82 valence electrons. The van der Waals surface area contributed by atoms with E-state index in [2.05, 4.69) is 24.7 Å². The van der Waals surface area contributed by atoms with Crippen LogP contribution in [0.5, 0.6) is 0 Å². The Kier molecular flexibility index (Phi) is 3.45. The van der Waals surface area contributed by atoms with Crippen LogP contribution in [0.15, 0.2) is 0 Å². The van der Waals surface area contributed by atoms with Crippen molar-refractivity contribution in [3.05, 3.63) is 17.2 Å². The third kappa shape index (κ3) is 2.09. The van der Waals surface area contributed by atoms with Gasteiger partial charge in [-0.05, 0) is 0 Å². The molecular weight excluding hydrogens is 216 g/mol. The smallest absolute Gasteiger partial charge is 0.361 e. The lowest BCUT2D eigenvalue weighted by Gasteiger charge is -2.02. The fraction of sp³-hybridized carbons (Fsp3) is 0.250. The number of methoxy groups -OCH3 is 2. The second-order valence-corrected chi connectivity index (χ2v) is 2.43. The molecule has 0 unspecified atom stereocenters. The lowest BCUT2D eigenvalue weighted by molar-refractivity contribution is 0.0542. The molecule has 0 amide bonds. The third-order valence-electron chi connectivity index (χ3n) is 1.54. The van der Waals surface area contributed by atoms with Gasteiger partial charge in [-0.2, -0.15) is 5.26 Å². The minimum atomic E-state index is -0.896. The number of ether oxygens (including phenoxy) is 2. The highest BCUT2D eigenvalue weighted by atomic mass is 16.5. The molecule has 1 aromatic heterocycles. The zero-order valence-corrected chi connectivity index (χ0v) is 8.42. The van der Waals surface area contributed by atoms with Gasteiger partial charge in [-0.3, -0.25) is 0 Å². The van der Waals surface area contributed by atoms with Crippen molar-refractivity contribution in [2.24, 2.45) is 0 Å². The molecule has 1 rings (SSSR count). The summed E-state index contributed by atoms with van der Waals surface area (Å²) in [4.78, 5) is 26.0. The van der Waals surface area contributed by atoms with Crippen LogP contribution >= 0.6 is 0 Å². The van der Waals surface area contributed by atoms with E-state index in [1.165, 1.54) is 0 Å². The molecule has 0 bridgehead atoms. The average Bonchev–Trinajstić information content (AvgIpc) is 2.36. The SMILES string of the molecule is COC(=O)c1nnc(C#N)nc1C(=O)OC. The number of nitrogens with zero attached hydrogens (tertiary/aromatic N) is 4. The number of carbonyl (C=O) groups is 2. The molecule has 0 N–H and O–H groups in total. The Morgan fingerprint density at radius 3 is 2.19 bits per heavy atom. The predicted octanol–water partition coefficient (Wildman–Crippen LogP) is -0.684. The first-order valence-corrected chi connectivity index (χ1v) is 3.95. The molecule has 0 atom stereocenters. The summed E-state index contributed by atoms with van der Waals surface area (Å²) in [6.07, 6.45) is 0. The Bertz CT molecular complexity index is 479. The van der Waals surface area contributed by atoms with Crippen LogP contribution in [0.25, 0.3) is 0 Å². The number of aromatic nitrogens is 3. The lowest BCUT2D eigenvalue weighted by Crippen LogP contribution is -2.18. The van der Waals surface area contributed by atoms with Gasteiger partial charge >= 0.3 is 11.9 Å². The summed E-state index contributed by atoms with van der Waals surface area (Å²) >= 11 is 0. The second kappa shape index (κ2) is 4.79. The van der Waals surface area contributed by atoms with E-state index in [1.54, 1.807) is 6.07 Å². The Morgan fingerprint density at radius 2 is 1.69 bits per heavy atom. The van der Waals surface area contributed by atoms with Crippen molar-refractivity contribution in [3.8, 4) is 6.07 Å². The van der Waals surface area contributed by atoms with Crippen LogP contribution in [-0.2, 0) is 9.47 Å². The van der Waals surface area contributed by atoms with E-state index >= 15 is 0 Å². The summed E-state index contributed by atoms with van der Waals surface area (Å²) in [5, 5.41) is 15.2. The molecule has 0 aliphatic rings. The molecule has 0 spiro atoms. The van der Waals surface area contributed by atoms with Gasteiger partial charge in [0, 0.05) is 0 Å². The third-order valence-corrected chi connectivity index (χ3v) is 1.54. The Hall–Kier alpha value is -2.56. The molecule has 16 heavy (non-hydrogen) atoms. The van der Waals surface area contributed by atoms with E-state index in [0.29, 0.717) is 0 Å². The van der Waals surface area contributed by atoms with Crippen LogP contribution in [-0.4, -0.2) is 41.3 Å². The van der Waals surface area contributed by atoms with Gasteiger partial charge in [-0.25, -0.2) is 14.6 Å². The zero-order chi connectivity index (χ0) is 12.1. The summed E-state index contributed by atoms with van der Waals surface area (Å²) in [6, 6.07) is 1.59. The fourth-order valence-corrected chi connectivity index (χ4v) is 0.846. The first-order chi connectivity index (χ1) is 7.63. The highest BCUT2D eigenvalue weighted by Crippen LogP contribution is 2.05. The van der Waals surface area contributed by atoms with E-state index in [9.17, 15) is 9.59 Å². The van der Waals surface area contributed by atoms with Crippen molar-refractivity contribution in [1.82, 2.24) is 15.2 Å². The normalized spacial score (nSPS) is 9.06. The van der Waals surface area contributed by atoms with Gasteiger partial charge in [-0.15, -0.1) is 10.2 Å². The van der Waals surface area contributed by atoms with Gasteiger partial charge in [0.2, 0.25) is 5.69 Å². The Labute approximate surface area is 89.8 Å². The quantitative estimate of drug-likeness (QED) is 0.604. The summed E-state index contributed by atoms with van der Waals surface area (Å²) < 4.78 is 8.76. The van der Waals surface area contributed by atoms with Crippen LogP contribution in [0.4, 0.5) is 0 Å². The molecule has 0 saturated carbocycles. The van der Waals surface area contributed by atoms with Crippen molar-refractivity contribution in [1.29, 1.82) is 5.26 Å². The van der Waals surface area contributed by atoms with Gasteiger partial charge in [0.15, 0.2) is 5.69 Å². The molecule has 1 heterocycles. The largest absolute Gasteiger partial charge is 0.464 e. The summed E-state index contributed by atoms with van der Waals surface area (Å²) in [5.74, 6) is -2.12. The van der Waals surface area contributed by atoms with E-state index in [1.807, 2.05) is 0 Å². The van der Waals surface area contributed by atoms with E-state index in [4.69, 9.17) is 5.26 Å². The van der Waals surface area contributed by atoms with Crippen LogP contribution in [0.1, 0.15) is 26.8 Å². The minimum absolute atomic E-state index is 0.340. The van der Waals surface area contributed by atoms with Gasteiger partial charge in [0.25, 0.3) is 5.82 Å². The van der Waals surface area contributed by atoms with Gasteiger partial charge in [0.1, 0.15) is 6.07 Å². The van der Waals surface area contributed by atoms with E-state index in [-0.39, 0.29) is 5.82 Å². The van der Waals surface area contributed by atoms with Crippen LogP contribution in [0.2, 0.25) is 0 Å². The summed E-state index contributed by atoms with van der Waals surface area (Å²) in [7, 11) is 2.22. The molecule has 0 radical (unpaired) electrons. The molecule has 1 aromatic rings. The van der Waals surface area contributed by atoms with Crippen molar-refractivity contribution >= 4 is 11.9 Å². The molecule has 0 aliphatic carbocycles. The van der Waals surface area contributed by atoms with Crippen LogP contribution in [0.3, 0.4) is 0 Å². The summed E-state index contributed by atoms with van der Waals surface area (Å²) in [6.45, 7) is 0. The number of hydrogen-bond acceptors (Lipinski definition) is 8. The monoisotopic (exact) mass is 222 g/mol. The lowest BCUT2D eigenvalue weighted by atomic mass is 10.3. The first kappa shape index (κ1) is 11.5. The average molecular weight is 222 g/mol. The highest BCUT2D eigenvalue weighted by molar-refractivity contribution is 6.00. The molecular formula is C8H6N4O4. The maximum Gasteiger partial charge on any atom is 0.361 e. The van der Waals surface area contributed by atoms with Gasteiger partial charge < -0.3 is 9.47 Å². The van der Waals surface area contributed by atoms with Crippen molar-refractivity contribution < 1.29 is 19.1 Å². The minimum Gasteiger partial charge on any atom is -0.464 e. The van der Waals surface area contributed by atoms with Crippen molar-refractivity contribution in [2.75, 3.05) is 14.2 Å². The van der Waals surface area contributed by atoms with Gasteiger partial charge in [0.05, 0.1) is 14.2 Å². The number of carbonyl (C=O) groups excluding carboxylic acids is 2. The maximum atomic E-state index is 11.3. The molecule has 0 fully saturated rings. The van der Waals surface area contributed by atoms with Crippen molar-refractivity contribution in [3.63, 3.8) is 0 Å². The standard InChI is InChI=1S/C8H6N4O4/c1-15-7(13)5-6(8(14)16-2)12-11-4(3-9)10-5/h1-2H3. The first-order valence-electron chi connectivity index (χ1n) is 3.95. The fourth-order valence-electron chi connectivity index (χ4n) is 0.846.